The first-order chi connectivity index (χ1) is 12.6. The molecule has 26 heavy (non-hydrogen) atoms. The summed E-state index contributed by atoms with van der Waals surface area (Å²) in [5.41, 5.74) is 13.0. The second-order valence-electron chi connectivity index (χ2n) is 6.03. The summed E-state index contributed by atoms with van der Waals surface area (Å²) in [6.45, 7) is 0.960. The maximum absolute atomic E-state index is 12.2. The Morgan fingerprint density at radius 1 is 1.04 bits per heavy atom. The second-order valence-corrected chi connectivity index (χ2v) is 6.03. The van der Waals surface area contributed by atoms with Gasteiger partial charge < -0.3 is 25.5 Å². The molecule has 2 aromatic carbocycles. The van der Waals surface area contributed by atoms with Crippen LogP contribution in [0.3, 0.4) is 0 Å². The van der Waals surface area contributed by atoms with E-state index in [1.807, 2.05) is 30.3 Å². The van der Waals surface area contributed by atoms with Crippen LogP contribution >= 0.6 is 0 Å². The molecule has 0 radical (unpaired) electrons. The van der Waals surface area contributed by atoms with Crippen molar-refractivity contribution in [3.05, 3.63) is 48.0 Å². The molecule has 7 heteroatoms. The maximum atomic E-state index is 12.2. The number of ether oxygens (including phenoxy) is 2. The minimum Gasteiger partial charge on any atom is -0.382 e. The van der Waals surface area contributed by atoms with Gasteiger partial charge in [-0.05, 0) is 18.2 Å². The van der Waals surface area contributed by atoms with Gasteiger partial charge in [-0.3, -0.25) is 4.79 Å². The van der Waals surface area contributed by atoms with Gasteiger partial charge in [0, 0.05) is 36.1 Å². The van der Waals surface area contributed by atoms with Gasteiger partial charge in [0.25, 0.3) is 5.91 Å². The third-order valence-electron chi connectivity index (χ3n) is 4.27. The molecule has 0 fully saturated rings. The van der Waals surface area contributed by atoms with Crippen LogP contribution in [-0.2, 0) is 9.47 Å². The van der Waals surface area contributed by atoms with Gasteiger partial charge >= 0.3 is 0 Å². The summed E-state index contributed by atoms with van der Waals surface area (Å²) in [5.74, 6) is -0.731. The average molecular weight is 354 g/mol. The number of hydrogen-bond donors (Lipinski definition) is 2. The number of aromatic nitrogens is 1. The number of hydrogen-bond acceptors (Lipinski definition) is 3. The van der Waals surface area contributed by atoms with Gasteiger partial charge in [-0.25, -0.2) is 0 Å². The zero-order valence-electron chi connectivity index (χ0n) is 14.8. The average Bonchev–Trinajstić information content (AvgIpc) is 2.94. The lowest BCUT2D eigenvalue weighted by atomic mass is 10.1. The first kappa shape index (κ1) is 17.9. The molecule has 1 amide bonds. The number of nitrogens with two attached hydrogens (primary N) is 2. The highest BCUT2D eigenvalue weighted by Gasteiger charge is 2.19. The molecule has 0 aliphatic rings. The van der Waals surface area contributed by atoms with Crippen LogP contribution in [0, 0.1) is 0 Å². The number of aliphatic imine (C=N–C) groups is 1. The molecule has 1 heterocycles. The van der Waals surface area contributed by atoms with E-state index in [2.05, 4.69) is 15.6 Å². The Balaban J connectivity index is 2.27. The van der Waals surface area contributed by atoms with Crippen LogP contribution in [0.25, 0.3) is 21.8 Å². The number of rotatable bonds is 6. The molecule has 3 aromatic rings. The van der Waals surface area contributed by atoms with E-state index < -0.39 is 5.91 Å². The van der Waals surface area contributed by atoms with Crippen molar-refractivity contribution in [2.45, 2.75) is 6.04 Å². The topological polar surface area (TPSA) is 105 Å². The summed E-state index contributed by atoms with van der Waals surface area (Å²) in [6, 6.07) is 13.5. The molecule has 7 nitrogen and oxygen atoms in total. The Hall–Kier alpha value is -2.90. The fourth-order valence-corrected chi connectivity index (χ4v) is 3.29. The van der Waals surface area contributed by atoms with Crippen LogP contribution < -0.4 is 11.5 Å². The van der Waals surface area contributed by atoms with Crippen molar-refractivity contribution in [1.29, 1.82) is 0 Å². The molecular weight excluding hydrogens is 332 g/mol. The highest BCUT2D eigenvalue weighted by atomic mass is 16.5. The molecule has 3 rings (SSSR count). The van der Waals surface area contributed by atoms with Crippen molar-refractivity contribution in [2.24, 2.45) is 16.5 Å². The molecule has 0 saturated heterocycles. The summed E-state index contributed by atoms with van der Waals surface area (Å²) < 4.78 is 12.9. The molecule has 0 saturated carbocycles. The van der Waals surface area contributed by atoms with E-state index in [4.69, 9.17) is 20.9 Å². The molecule has 1 aromatic heterocycles. The molecule has 0 bridgehead atoms. The summed E-state index contributed by atoms with van der Waals surface area (Å²) in [7, 11) is 3.31. The predicted octanol–water partition coefficient (Wildman–Crippen LogP) is 2.04. The third-order valence-corrected chi connectivity index (χ3v) is 4.27. The third kappa shape index (κ3) is 3.26. The minimum atomic E-state index is -0.473. The smallest absolute Gasteiger partial charge is 0.280 e. The highest BCUT2D eigenvalue weighted by molar-refractivity contribution is 6.11. The maximum Gasteiger partial charge on any atom is 0.280 e. The lowest BCUT2D eigenvalue weighted by Crippen LogP contribution is -2.24. The number of methoxy groups -OCH3 is 2. The minimum absolute atomic E-state index is 0.0409. The van der Waals surface area contributed by atoms with Gasteiger partial charge in [-0.2, -0.15) is 4.99 Å². The van der Waals surface area contributed by atoms with Crippen LogP contribution in [0.2, 0.25) is 0 Å². The lowest BCUT2D eigenvalue weighted by Gasteiger charge is -2.20. The van der Waals surface area contributed by atoms with Gasteiger partial charge in [-0.1, -0.05) is 24.3 Å². The standard InChI is InChI=1S/C19H22N4O3/c1-25-10-13(11-26-2)23-16-6-4-3-5-14(16)15-8-7-12(9-17(15)23)18(24)22-19(20)21/h3-9,13H,10-11H2,1-2H3,(H4,20,21,22,24). The first-order valence-electron chi connectivity index (χ1n) is 8.21. The van der Waals surface area contributed by atoms with Crippen molar-refractivity contribution in [2.75, 3.05) is 27.4 Å². The fraction of sp³-hybridized carbons (Fsp3) is 0.263. The van der Waals surface area contributed by atoms with Gasteiger partial charge in [0.15, 0.2) is 5.96 Å². The zero-order valence-corrected chi connectivity index (χ0v) is 14.8. The Morgan fingerprint density at radius 3 is 2.35 bits per heavy atom. The van der Waals surface area contributed by atoms with Crippen molar-refractivity contribution in [1.82, 2.24) is 4.57 Å². The summed E-state index contributed by atoms with van der Waals surface area (Å²) >= 11 is 0. The zero-order chi connectivity index (χ0) is 18.7. The van der Waals surface area contributed by atoms with Crippen LogP contribution in [-0.4, -0.2) is 43.9 Å². The van der Waals surface area contributed by atoms with Crippen molar-refractivity contribution in [3.8, 4) is 0 Å². The van der Waals surface area contributed by atoms with E-state index in [-0.39, 0.29) is 12.0 Å². The molecule has 0 aliphatic carbocycles. The monoisotopic (exact) mass is 354 g/mol. The number of benzene rings is 2. The van der Waals surface area contributed by atoms with Gasteiger partial charge in [0.05, 0.1) is 24.8 Å². The quantitative estimate of drug-likeness (QED) is 0.521. The molecule has 0 atom stereocenters. The predicted molar refractivity (Wildman–Crippen MR) is 102 cm³/mol. The van der Waals surface area contributed by atoms with E-state index in [1.54, 1.807) is 20.3 Å². The van der Waals surface area contributed by atoms with Gasteiger partial charge in [-0.15, -0.1) is 0 Å². The lowest BCUT2D eigenvalue weighted by molar-refractivity contribution is 0.0930. The number of amides is 1. The number of para-hydroxylation sites is 1. The van der Waals surface area contributed by atoms with Crippen LogP contribution in [0.4, 0.5) is 0 Å². The van der Waals surface area contributed by atoms with Crippen LogP contribution in [0.15, 0.2) is 47.5 Å². The highest BCUT2D eigenvalue weighted by Crippen LogP contribution is 2.33. The van der Waals surface area contributed by atoms with E-state index in [9.17, 15) is 4.79 Å². The SMILES string of the molecule is COCC(COC)n1c2ccccc2c2ccc(C(=O)N=C(N)N)cc21. The normalized spacial score (nSPS) is 11.3. The van der Waals surface area contributed by atoms with Gasteiger partial charge in [0.2, 0.25) is 0 Å². The molecule has 0 unspecified atom stereocenters. The number of carbonyl (C=O) groups is 1. The second kappa shape index (κ2) is 7.55. The Morgan fingerprint density at radius 2 is 1.69 bits per heavy atom. The molecule has 0 spiro atoms. The number of guanidine groups is 1. The van der Waals surface area contributed by atoms with E-state index in [0.717, 1.165) is 21.8 Å². The van der Waals surface area contributed by atoms with E-state index in [1.165, 1.54) is 0 Å². The van der Waals surface area contributed by atoms with Crippen LogP contribution in [0.1, 0.15) is 16.4 Å². The molecular formula is C19H22N4O3. The van der Waals surface area contributed by atoms with Crippen molar-refractivity contribution >= 4 is 33.7 Å². The Kier molecular flexibility index (Phi) is 5.20. The van der Waals surface area contributed by atoms with E-state index in [0.29, 0.717) is 18.8 Å². The Labute approximate surface area is 151 Å². The molecule has 136 valence electrons. The molecule has 0 aliphatic heterocycles. The van der Waals surface area contributed by atoms with E-state index >= 15 is 0 Å². The number of nitrogens with zero attached hydrogens (tertiary/aromatic N) is 2. The summed E-state index contributed by atoms with van der Waals surface area (Å²) in [6.07, 6.45) is 0. The summed E-state index contributed by atoms with van der Waals surface area (Å²) in [5, 5.41) is 2.14. The largest absolute Gasteiger partial charge is 0.382 e. The van der Waals surface area contributed by atoms with Gasteiger partial charge in [0.1, 0.15) is 0 Å². The molecule has 4 N–H and O–H groups in total. The Bertz CT molecular complexity index is 967. The van der Waals surface area contributed by atoms with Crippen molar-refractivity contribution < 1.29 is 14.3 Å². The van der Waals surface area contributed by atoms with Crippen LogP contribution in [0.5, 0.6) is 0 Å². The summed E-state index contributed by atoms with van der Waals surface area (Å²) in [4.78, 5) is 15.9. The fourth-order valence-electron chi connectivity index (χ4n) is 3.29. The number of carbonyl (C=O) groups excluding carboxylic acids is 1. The first-order valence-corrected chi connectivity index (χ1v) is 8.21. The number of fused-ring (bicyclic) bond motifs is 3. The van der Waals surface area contributed by atoms with Crippen molar-refractivity contribution in [3.63, 3.8) is 0 Å².